The molecule has 1 heterocycles. The molecule has 5 nitrogen and oxygen atoms in total. The zero-order valence-electron chi connectivity index (χ0n) is 11.7. The van der Waals surface area contributed by atoms with Gasteiger partial charge in [-0.05, 0) is 20.8 Å². The van der Waals surface area contributed by atoms with Gasteiger partial charge in [-0.1, -0.05) is 6.58 Å². The minimum absolute atomic E-state index is 0.0606. The zero-order chi connectivity index (χ0) is 13.9. The van der Waals surface area contributed by atoms with Gasteiger partial charge in [-0.2, -0.15) is 0 Å². The molecule has 0 unspecified atom stereocenters. The number of hydrogen-bond donors (Lipinski definition) is 0. The highest BCUT2D eigenvalue weighted by Crippen LogP contribution is 2.22. The number of amides is 1. The molecular formula is C13H22N2O3. The molecule has 1 fully saturated rings. The zero-order valence-corrected chi connectivity index (χ0v) is 11.7. The van der Waals surface area contributed by atoms with Crippen molar-refractivity contribution in [3.05, 3.63) is 12.2 Å². The normalized spacial score (nSPS) is 19.8. The Labute approximate surface area is 108 Å². The summed E-state index contributed by atoms with van der Waals surface area (Å²) in [5.74, 6) is -0.329. The summed E-state index contributed by atoms with van der Waals surface area (Å²) in [4.78, 5) is 27.3. The Bertz CT molecular complexity index is 363. The fraction of sp³-hybridized carbons (Fsp3) is 0.692. The van der Waals surface area contributed by atoms with Crippen molar-refractivity contribution in [1.82, 2.24) is 9.80 Å². The number of likely N-dealkylation sites (N-methyl/N-ethyl adjacent to an activating group) is 1. The molecule has 0 spiro atoms. The smallest absolute Gasteiger partial charge is 0.334 e. The molecule has 0 aromatic carbocycles. The van der Waals surface area contributed by atoms with E-state index >= 15 is 0 Å². The molecule has 1 aliphatic rings. The predicted molar refractivity (Wildman–Crippen MR) is 69.1 cm³/mol. The van der Waals surface area contributed by atoms with Crippen molar-refractivity contribution in [2.75, 3.05) is 33.3 Å². The summed E-state index contributed by atoms with van der Waals surface area (Å²) in [6, 6.07) is 0. The molecule has 0 radical (unpaired) electrons. The molecule has 1 rings (SSSR count). The van der Waals surface area contributed by atoms with E-state index in [1.165, 1.54) is 0 Å². The average Bonchev–Trinajstić information content (AvgIpc) is 2.30. The fourth-order valence-corrected chi connectivity index (χ4v) is 2.06. The Balaban J connectivity index is 2.70. The standard InChI is InChI=1S/C13H22N2O3/c1-6-18-11(16)10(2)9-15-8-7-14(5)12(17)13(15,3)4/h2,6-9H2,1,3-5H3. The van der Waals surface area contributed by atoms with Crippen LogP contribution in [0.2, 0.25) is 0 Å². The predicted octanol–water partition coefficient (Wildman–Crippen LogP) is 0.658. The van der Waals surface area contributed by atoms with Crippen molar-refractivity contribution in [3.63, 3.8) is 0 Å². The van der Waals surface area contributed by atoms with Crippen LogP contribution < -0.4 is 0 Å². The number of piperazine rings is 1. The first-order chi connectivity index (χ1) is 8.30. The van der Waals surface area contributed by atoms with Crippen LogP contribution in [0.25, 0.3) is 0 Å². The maximum Gasteiger partial charge on any atom is 0.334 e. The lowest BCUT2D eigenvalue weighted by atomic mass is 9.97. The van der Waals surface area contributed by atoms with Gasteiger partial charge in [0.15, 0.2) is 0 Å². The molecule has 102 valence electrons. The molecule has 1 saturated heterocycles. The van der Waals surface area contributed by atoms with Crippen LogP contribution in [0.1, 0.15) is 20.8 Å². The van der Waals surface area contributed by atoms with Crippen LogP contribution in [-0.2, 0) is 14.3 Å². The summed E-state index contributed by atoms with van der Waals surface area (Å²) >= 11 is 0. The van der Waals surface area contributed by atoms with Gasteiger partial charge in [-0.3, -0.25) is 9.69 Å². The second-order valence-electron chi connectivity index (χ2n) is 5.03. The SMILES string of the molecule is C=C(CN1CCN(C)C(=O)C1(C)C)C(=O)OCC. The van der Waals surface area contributed by atoms with E-state index in [-0.39, 0.29) is 11.9 Å². The van der Waals surface area contributed by atoms with Gasteiger partial charge in [0.05, 0.1) is 12.1 Å². The molecule has 0 aromatic heterocycles. The molecule has 0 saturated carbocycles. The molecule has 0 N–H and O–H groups in total. The van der Waals surface area contributed by atoms with E-state index in [0.717, 1.165) is 6.54 Å². The number of rotatable bonds is 4. The maximum absolute atomic E-state index is 12.1. The van der Waals surface area contributed by atoms with Gasteiger partial charge in [0.2, 0.25) is 5.91 Å². The minimum Gasteiger partial charge on any atom is -0.463 e. The molecule has 18 heavy (non-hydrogen) atoms. The Morgan fingerprint density at radius 2 is 2.06 bits per heavy atom. The lowest BCUT2D eigenvalue weighted by molar-refractivity contribution is -0.148. The third-order valence-corrected chi connectivity index (χ3v) is 3.31. The van der Waals surface area contributed by atoms with Crippen molar-refractivity contribution < 1.29 is 14.3 Å². The quantitative estimate of drug-likeness (QED) is 0.546. The van der Waals surface area contributed by atoms with Crippen LogP contribution in [0.15, 0.2) is 12.2 Å². The monoisotopic (exact) mass is 254 g/mol. The molecular weight excluding hydrogens is 232 g/mol. The number of hydrogen-bond acceptors (Lipinski definition) is 4. The van der Waals surface area contributed by atoms with Gasteiger partial charge in [0, 0.05) is 32.3 Å². The first-order valence-corrected chi connectivity index (χ1v) is 6.16. The second-order valence-corrected chi connectivity index (χ2v) is 5.03. The third-order valence-electron chi connectivity index (χ3n) is 3.31. The van der Waals surface area contributed by atoms with Crippen molar-refractivity contribution in [2.45, 2.75) is 26.3 Å². The third kappa shape index (κ3) is 2.90. The van der Waals surface area contributed by atoms with Crippen molar-refractivity contribution in [3.8, 4) is 0 Å². The highest BCUT2D eigenvalue weighted by atomic mass is 16.5. The van der Waals surface area contributed by atoms with E-state index in [0.29, 0.717) is 25.3 Å². The number of esters is 1. The van der Waals surface area contributed by atoms with E-state index in [4.69, 9.17) is 4.74 Å². The van der Waals surface area contributed by atoms with Crippen LogP contribution in [0.3, 0.4) is 0 Å². The highest BCUT2D eigenvalue weighted by Gasteiger charge is 2.40. The number of nitrogens with zero attached hydrogens (tertiary/aromatic N) is 2. The molecule has 1 aliphatic heterocycles. The summed E-state index contributed by atoms with van der Waals surface area (Å²) in [5, 5.41) is 0. The topological polar surface area (TPSA) is 49.9 Å². The lowest BCUT2D eigenvalue weighted by Gasteiger charge is -2.44. The Hall–Kier alpha value is -1.36. The first kappa shape index (κ1) is 14.7. The first-order valence-electron chi connectivity index (χ1n) is 6.16. The average molecular weight is 254 g/mol. The van der Waals surface area contributed by atoms with Crippen LogP contribution in [-0.4, -0.2) is 60.5 Å². The van der Waals surface area contributed by atoms with Crippen molar-refractivity contribution >= 4 is 11.9 Å². The summed E-state index contributed by atoms with van der Waals surface area (Å²) in [5.41, 5.74) is -0.218. The van der Waals surface area contributed by atoms with E-state index in [9.17, 15) is 9.59 Å². The molecule has 0 atom stereocenters. The summed E-state index contributed by atoms with van der Waals surface area (Å²) < 4.78 is 4.90. The van der Waals surface area contributed by atoms with Gasteiger partial charge in [0.25, 0.3) is 0 Å². The minimum atomic E-state index is -0.609. The van der Waals surface area contributed by atoms with E-state index in [1.54, 1.807) is 18.9 Å². The Morgan fingerprint density at radius 3 is 2.61 bits per heavy atom. The molecule has 5 heteroatoms. The summed E-state index contributed by atoms with van der Waals surface area (Å²) in [7, 11) is 1.79. The van der Waals surface area contributed by atoms with Gasteiger partial charge >= 0.3 is 5.97 Å². The van der Waals surface area contributed by atoms with Crippen molar-refractivity contribution in [2.24, 2.45) is 0 Å². The highest BCUT2D eigenvalue weighted by molar-refractivity contribution is 5.89. The molecule has 0 aliphatic carbocycles. The van der Waals surface area contributed by atoms with Gasteiger partial charge in [0.1, 0.15) is 0 Å². The van der Waals surface area contributed by atoms with E-state index in [1.807, 2.05) is 18.7 Å². The van der Waals surface area contributed by atoms with Crippen LogP contribution in [0.5, 0.6) is 0 Å². The molecule has 0 aromatic rings. The Morgan fingerprint density at radius 1 is 1.44 bits per heavy atom. The summed E-state index contributed by atoms with van der Waals surface area (Å²) in [6.07, 6.45) is 0. The second kappa shape index (κ2) is 5.52. The lowest BCUT2D eigenvalue weighted by Crippen LogP contribution is -2.62. The fourth-order valence-electron chi connectivity index (χ4n) is 2.06. The van der Waals surface area contributed by atoms with Crippen LogP contribution in [0, 0.1) is 0 Å². The van der Waals surface area contributed by atoms with Gasteiger partial charge in [-0.15, -0.1) is 0 Å². The van der Waals surface area contributed by atoms with Gasteiger partial charge < -0.3 is 9.64 Å². The number of carbonyl (C=O) groups is 2. The van der Waals surface area contributed by atoms with Crippen LogP contribution in [0.4, 0.5) is 0 Å². The molecule has 0 bridgehead atoms. The van der Waals surface area contributed by atoms with Gasteiger partial charge in [-0.25, -0.2) is 4.79 Å². The van der Waals surface area contributed by atoms with Crippen LogP contribution >= 0.6 is 0 Å². The number of ether oxygens (including phenoxy) is 1. The van der Waals surface area contributed by atoms with Crippen molar-refractivity contribution in [1.29, 1.82) is 0 Å². The largest absolute Gasteiger partial charge is 0.463 e. The maximum atomic E-state index is 12.1. The Kier molecular flexibility index (Phi) is 4.51. The number of carbonyl (C=O) groups excluding carboxylic acids is 2. The molecule has 1 amide bonds. The summed E-state index contributed by atoms with van der Waals surface area (Å²) in [6.45, 7) is 11.3. The van der Waals surface area contributed by atoms with E-state index in [2.05, 4.69) is 6.58 Å². The van der Waals surface area contributed by atoms with E-state index < -0.39 is 5.54 Å².